The summed E-state index contributed by atoms with van der Waals surface area (Å²) in [6.07, 6.45) is 5.97. The van der Waals surface area contributed by atoms with Gasteiger partial charge in [-0.25, -0.2) is 0 Å². The van der Waals surface area contributed by atoms with Crippen LogP contribution in [0.5, 0.6) is 0 Å². The molecule has 1 fully saturated rings. The molecular weight excluding hydrogens is 236 g/mol. The molecule has 2 N–H and O–H groups in total. The smallest absolute Gasteiger partial charge is 0.243 e. The van der Waals surface area contributed by atoms with Gasteiger partial charge in [0.05, 0.1) is 0 Å². The first kappa shape index (κ1) is 12.5. The van der Waals surface area contributed by atoms with Crippen molar-refractivity contribution >= 4 is 11.6 Å². The minimum atomic E-state index is -0.0961. The Balaban J connectivity index is 1.57. The van der Waals surface area contributed by atoms with Gasteiger partial charge in [0, 0.05) is 18.2 Å². The molecule has 1 saturated carbocycles. The number of amides is 1. The van der Waals surface area contributed by atoms with Crippen molar-refractivity contribution in [3.63, 3.8) is 0 Å². The molecule has 3 heteroatoms. The molecule has 1 heterocycles. The van der Waals surface area contributed by atoms with Crippen molar-refractivity contribution in [3.05, 3.63) is 29.8 Å². The molecule has 1 aromatic carbocycles. The van der Waals surface area contributed by atoms with Crippen molar-refractivity contribution in [3.8, 4) is 0 Å². The van der Waals surface area contributed by atoms with Crippen LogP contribution in [0, 0.1) is 5.92 Å². The molecule has 1 aromatic rings. The average molecular weight is 258 g/mol. The van der Waals surface area contributed by atoms with Crippen LogP contribution in [0.2, 0.25) is 0 Å². The Morgan fingerprint density at radius 2 is 2.05 bits per heavy atom. The molecule has 0 aromatic heterocycles. The van der Waals surface area contributed by atoms with Crippen LogP contribution in [0.1, 0.15) is 38.2 Å². The number of hydrogen-bond acceptors (Lipinski definition) is 2. The molecule has 1 unspecified atom stereocenters. The standard InChI is InChI=1S/C16H22N2O/c1-11(12-6-2-3-7-12)17-16(19)15-10-13-8-4-5-9-14(13)18-15/h4-5,8-9,11-12,15,18H,2-3,6-7,10H2,1H3,(H,17,19)/t11?,15-/m0/s1. The molecule has 0 bridgehead atoms. The second kappa shape index (κ2) is 5.24. The summed E-state index contributed by atoms with van der Waals surface area (Å²) < 4.78 is 0. The van der Waals surface area contributed by atoms with Gasteiger partial charge in [0.15, 0.2) is 0 Å². The van der Waals surface area contributed by atoms with Gasteiger partial charge in [-0.3, -0.25) is 4.79 Å². The van der Waals surface area contributed by atoms with Gasteiger partial charge in [0.25, 0.3) is 0 Å². The van der Waals surface area contributed by atoms with E-state index in [2.05, 4.69) is 23.6 Å². The monoisotopic (exact) mass is 258 g/mol. The number of rotatable bonds is 3. The molecule has 0 saturated heterocycles. The quantitative estimate of drug-likeness (QED) is 0.875. The Labute approximate surface area is 114 Å². The van der Waals surface area contributed by atoms with Crippen LogP contribution in [-0.2, 0) is 11.2 Å². The Kier molecular flexibility index (Phi) is 3.45. The van der Waals surface area contributed by atoms with E-state index < -0.39 is 0 Å². The van der Waals surface area contributed by atoms with Crippen molar-refractivity contribution < 1.29 is 4.79 Å². The van der Waals surface area contributed by atoms with Crippen LogP contribution >= 0.6 is 0 Å². The second-order valence-electron chi connectivity index (χ2n) is 5.90. The lowest BCUT2D eigenvalue weighted by Crippen LogP contribution is -2.45. The van der Waals surface area contributed by atoms with E-state index >= 15 is 0 Å². The number of fused-ring (bicyclic) bond motifs is 1. The lowest BCUT2D eigenvalue weighted by Gasteiger charge is -2.22. The molecule has 0 radical (unpaired) electrons. The zero-order valence-electron chi connectivity index (χ0n) is 11.5. The first-order valence-electron chi connectivity index (χ1n) is 7.39. The highest BCUT2D eigenvalue weighted by molar-refractivity contribution is 5.87. The van der Waals surface area contributed by atoms with E-state index in [9.17, 15) is 4.79 Å². The third kappa shape index (κ3) is 2.60. The van der Waals surface area contributed by atoms with E-state index in [1.54, 1.807) is 0 Å². The molecule has 102 valence electrons. The zero-order valence-corrected chi connectivity index (χ0v) is 11.5. The average Bonchev–Trinajstić information content (AvgIpc) is 3.07. The van der Waals surface area contributed by atoms with Crippen molar-refractivity contribution in [1.82, 2.24) is 5.32 Å². The summed E-state index contributed by atoms with van der Waals surface area (Å²) in [6, 6.07) is 8.38. The van der Waals surface area contributed by atoms with Crippen LogP contribution in [0.15, 0.2) is 24.3 Å². The predicted molar refractivity (Wildman–Crippen MR) is 77.1 cm³/mol. The maximum Gasteiger partial charge on any atom is 0.243 e. The fourth-order valence-corrected chi connectivity index (χ4v) is 3.36. The molecule has 1 amide bonds. The Hall–Kier alpha value is -1.51. The Morgan fingerprint density at radius 3 is 2.79 bits per heavy atom. The molecule has 3 nitrogen and oxygen atoms in total. The molecule has 3 rings (SSSR count). The van der Waals surface area contributed by atoms with E-state index in [0.717, 1.165) is 12.1 Å². The van der Waals surface area contributed by atoms with E-state index in [-0.39, 0.29) is 11.9 Å². The van der Waals surface area contributed by atoms with Gasteiger partial charge in [-0.15, -0.1) is 0 Å². The Bertz CT molecular complexity index is 441. The molecule has 0 spiro atoms. The number of carbonyl (C=O) groups is 1. The highest BCUT2D eigenvalue weighted by Gasteiger charge is 2.29. The minimum absolute atomic E-state index is 0.0961. The fourth-order valence-electron chi connectivity index (χ4n) is 3.36. The van der Waals surface area contributed by atoms with Gasteiger partial charge in [0.1, 0.15) is 6.04 Å². The van der Waals surface area contributed by atoms with Crippen LogP contribution in [0.25, 0.3) is 0 Å². The molecule has 1 aliphatic heterocycles. The molecular formula is C16H22N2O. The van der Waals surface area contributed by atoms with E-state index in [4.69, 9.17) is 0 Å². The van der Waals surface area contributed by atoms with Crippen LogP contribution < -0.4 is 10.6 Å². The fraction of sp³-hybridized carbons (Fsp3) is 0.562. The van der Waals surface area contributed by atoms with Crippen molar-refractivity contribution in [1.29, 1.82) is 0 Å². The third-order valence-electron chi connectivity index (χ3n) is 4.56. The zero-order chi connectivity index (χ0) is 13.2. The van der Waals surface area contributed by atoms with Gasteiger partial charge in [-0.1, -0.05) is 31.0 Å². The largest absolute Gasteiger partial charge is 0.373 e. The SMILES string of the molecule is CC(NC(=O)[C@@H]1Cc2ccccc2N1)C1CCCC1. The summed E-state index contributed by atoms with van der Waals surface area (Å²) >= 11 is 0. The molecule has 19 heavy (non-hydrogen) atoms. The topological polar surface area (TPSA) is 41.1 Å². The normalized spacial score (nSPS) is 23.7. The molecule has 2 aliphatic rings. The van der Waals surface area contributed by atoms with Crippen LogP contribution in [0.3, 0.4) is 0 Å². The maximum atomic E-state index is 12.3. The summed E-state index contributed by atoms with van der Waals surface area (Å²) in [6.45, 7) is 2.15. The minimum Gasteiger partial charge on any atom is -0.373 e. The number of hydrogen-bond donors (Lipinski definition) is 2. The van der Waals surface area contributed by atoms with Gasteiger partial charge in [-0.05, 0) is 37.3 Å². The summed E-state index contributed by atoms with van der Waals surface area (Å²) in [5, 5.41) is 6.52. The summed E-state index contributed by atoms with van der Waals surface area (Å²) in [4.78, 5) is 12.3. The van der Waals surface area contributed by atoms with Gasteiger partial charge >= 0.3 is 0 Å². The number of nitrogens with one attached hydrogen (secondary N) is 2. The van der Waals surface area contributed by atoms with E-state index in [1.807, 2.05) is 18.2 Å². The highest BCUT2D eigenvalue weighted by atomic mass is 16.2. The van der Waals surface area contributed by atoms with Crippen molar-refractivity contribution in [2.45, 2.75) is 51.1 Å². The number of carbonyl (C=O) groups excluding carboxylic acids is 1. The molecule has 1 aliphatic carbocycles. The number of para-hydroxylation sites is 1. The van der Waals surface area contributed by atoms with E-state index in [1.165, 1.54) is 31.2 Å². The Morgan fingerprint density at radius 1 is 1.32 bits per heavy atom. The lowest BCUT2D eigenvalue weighted by atomic mass is 9.99. The summed E-state index contributed by atoms with van der Waals surface area (Å²) in [7, 11) is 0. The van der Waals surface area contributed by atoms with Crippen molar-refractivity contribution in [2.75, 3.05) is 5.32 Å². The van der Waals surface area contributed by atoms with Crippen LogP contribution in [-0.4, -0.2) is 18.0 Å². The number of benzene rings is 1. The maximum absolute atomic E-state index is 12.3. The van der Waals surface area contributed by atoms with Crippen molar-refractivity contribution in [2.24, 2.45) is 5.92 Å². The summed E-state index contributed by atoms with van der Waals surface area (Å²) in [5.74, 6) is 0.823. The first-order valence-corrected chi connectivity index (χ1v) is 7.39. The first-order chi connectivity index (χ1) is 9.24. The highest BCUT2D eigenvalue weighted by Crippen LogP contribution is 2.28. The van der Waals surface area contributed by atoms with Gasteiger partial charge in [-0.2, -0.15) is 0 Å². The molecule has 2 atom stereocenters. The number of anilines is 1. The van der Waals surface area contributed by atoms with Gasteiger partial charge in [0.2, 0.25) is 5.91 Å². The van der Waals surface area contributed by atoms with Crippen LogP contribution in [0.4, 0.5) is 5.69 Å². The van der Waals surface area contributed by atoms with E-state index in [0.29, 0.717) is 12.0 Å². The lowest BCUT2D eigenvalue weighted by molar-refractivity contribution is -0.122. The predicted octanol–water partition coefficient (Wildman–Crippen LogP) is 2.72. The third-order valence-corrected chi connectivity index (χ3v) is 4.56. The van der Waals surface area contributed by atoms with Gasteiger partial charge < -0.3 is 10.6 Å². The summed E-state index contributed by atoms with van der Waals surface area (Å²) in [5.41, 5.74) is 2.35. The second-order valence-corrected chi connectivity index (χ2v) is 5.90.